The van der Waals surface area contributed by atoms with E-state index in [-0.39, 0.29) is 24.9 Å². The zero-order chi connectivity index (χ0) is 19.2. The van der Waals surface area contributed by atoms with Gasteiger partial charge in [0.15, 0.2) is 11.9 Å². The van der Waals surface area contributed by atoms with Crippen molar-refractivity contribution in [2.45, 2.75) is 19.3 Å². The molecule has 0 bridgehead atoms. The third-order valence-electron chi connectivity index (χ3n) is 2.92. The molecule has 11 heteroatoms. The Morgan fingerprint density at radius 1 is 1.36 bits per heavy atom. The number of hydrogen-bond acceptors (Lipinski definition) is 3. The van der Waals surface area contributed by atoms with Crippen LogP contribution in [0.15, 0.2) is 18.2 Å². The topological polar surface area (TPSA) is 112 Å². The maximum Gasteiger partial charge on any atom is 0.300 e. The molecular formula is C14H17Cl2F2N5O2. The molecule has 25 heavy (non-hydrogen) atoms. The molecule has 0 unspecified atom stereocenters. The van der Waals surface area contributed by atoms with Crippen LogP contribution in [0.1, 0.15) is 13.3 Å². The number of anilines is 1. The molecule has 0 amide bonds. The zero-order valence-electron chi connectivity index (χ0n) is 13.2. The maximum absolute atomic E-state index is 13.1. The number of nitrogens with one attached hydrogen (secondary N) is 4. The summed E-state index contributed by atoms with van der Waals surface area (Å²) >= 11 is 11.7. The highest BCUT2D eigenvalue weighted by Crippen LogP contribution is 2.27. The SMILES string of the molecule is CC(=O)O.N=C(NC(=N)N1CCC(F)(F)C1)Nc1ccc(Cl)cc1Cl. The molecule has 0 aliphatic carbocycles. The van der Waals surface area contributed by atoms with Crippen molar-refractivity contribution in [2.24, 2.45) is 0 Å². The summed E-state index contributed by atoms with van der Waals surface area (Å²) in [5, 5.41) is 28.6. The fourth-order valence-corrected chi connectivity index (χ4v) is 2.34. The van der Waals surface area contributed by atoms with Crippen LogP contribution >= 0.6 is 23.2 Å². The quantitative estimate of drug-likeness (QED) is 0.369. The summed E-state index contributed by atoms with van der Waals surface area (Å²) in [7, 11) is 0. The van der Waals surface area contributed by atoms with Crippen molar-refractivity contribution < 1.29 is 18.7 Å². The number of benzene rings is 1. The standard InChI is InChI=1S/C12H13Cl2F2N5.C2H4O2/c13-7-1-2-9(8(14)5-7)19-10(17)20-11(18)21-4-3-12(15,16)6-21;1-2(3)4/h1-2,5H,3-4,6H2,(H4,17,18,19,20);1H3,(H,3,4). The van der Waals surface area contributed by atoms with Crippen molar-refractivity contribution in [1.29, 1.82) is 10.8 Å². The van der Waals surface area contributed by atoms with Crippen LogP contribution in [0.25, 0.3) is 0 Å². The maximum atomic E-state index is 13.1. The van der Waals surface area contributed by atoms with Gasteiger partial charge >= 0.3 is 0 Å². The zero-order valence-corrected chi connectivity index (χ0v) is 14.7. The predicted octanol–water partition coefficient (Wildman–Crippen LogP) is 3.30. The van der Waals surface area contributed by atoms with Crippen LogP contribution in [0.2, 0.25) is 10.0 Å². The minimum Gasteiger partial charge on any atom is -0.481 e. The molecule has 1 aliphatic heterocycles. The number of likely N-dealkylation sites (tertiary alicyclic amines) is 1. The monoisotopic (exact) mass is 395 g/mol. The normalized spacial score (nSPS) is 15.0. The minimum atomic E-state index is -2.79. The molecule has 1 aromatic rings. The highest BCUT2D eigenvalue weighted by molar-refractivity contribution is 6.36. The number of guanidine groups is 2. The molecule has 5 N–H and O–H groups in total. The number of aliphatic carboxylic acids is 1. The van der Waals surface area contributed by atoms with Crippen molar-refractivity contribution in [3.63, 3.8) is 0 Å². The summed E-state index contributed by atoms with van der Waals surface area (Å²) in [6.45, 7) is 0.641. The molecule has 0 aromatic heterocycles. The third-order valence-corrected chi connectivity index (χ3v) is 3.47. The fraction of sp³-hybridized carbons (Fsp3) is 0.357. The number of carbonyl (C=O) groups is 1. The molecule has 1 aromatic carbocycles. The van der Waals surface area contributed by atoms with Gasteiger partial charge in [0.25, 0.3) is 11.9 Å². The molecule has 0 saturated carbocycles. The van der Waals surface area contributed by atoms with Gasteiger partial charge in [-0.1, -0.05) is 23.2 Å². The van der Waals surface area contributed by atoms with Crippen LogP contribution in [-0.2, 0) is 4.79 Å². The Balaban J connectivity index is 0.000000705. The Morgan fingerprint density at radius 2 is 1.96 bits per heavy atom. The van der Waals surface area contributed by atoms with Gasteiger partial charge in [-0.2, -0.15) is 0 Å². The molecule has 1 saturated heterocycles. The van der Waals surface area contributed by atoms with E-state index < -0.39 is 18.4 Å². The number of nitrogens with zero attached hydrogens (tertiary/aromatic N) is 1. The summed E-state index contributed by atoms with van der Waals surface area (Å²) in [4.78, 5) is 10.2. The molecule has 1 aliphatic rings. The molecule has 0 radical (unpaired) electrons. The molecule has 1 fully saturated rings. The summed E-state index contributed by atoms with van der Waals surface area (Å²) in [6, 6.07) is 4.68. The second kappa shape index (κ2) is 8.82. The van der Waals surface area contributed by atoms with Crippen molar-refractivity contribution >= 4 is 46.8 Å². The van der Waals surface area contributed by atoms with Crippen LogP contribution < -0.4 is 10.6 Å². The average Bonchev–Trinajstić information content (AvgIpc) is 2.82. The summed E-state index contributed by atoms with van der Waals surface area (Å²) in [5.41, 5.74) is 0.429. The van der Waals surface area contributed by atoms with E-state index in [0.717, 1.165) is 6.92 Å². The first-order valence-electron chi connectivity index (χ1n) is 6.98. The second-order valence-corrected chi connectivity index (χ2v) is 5.99. The summed E-state index contributed by atoms with van der Waals surface area (Å²) in [6.07, 6.45) is -0.291. The highest BCUT2D eigenvalue weighted by atomic mass is 35.5. The Morgan fingerprint density at radius 3 is 2.44 bits per heavy atom. The number of alkyl halides is 2. The van der Waals surface area contributed by atoms with Gasteiger partial charge in [0, 0.05) is 24.9 Å². The van der Waals surface area contributed by atoms with Gasteiger partial charge in [0.1, 0.15) is 0 Å². The molecule has 2 rings (SSSR count). The highest BCUT2D eigenvalue weighted by Gasteiger charge is 2.39. The van der Waals surface area contributed by atoms with E-state index in [9.17, 15) is 8.78 Å². The molecule has 0 spiro atoms. The fourth-order valence-electron chi connectivity index (χ4n) is 1.88. The van der Waals surface area contributed by atoms with Crippen LogP contribution in [0.4, 0.5) is 14.5 Å². The van der Waals surface area contributed by atoms with Gasteiger partial charge < -0.3 is 15.3 Å². The lowest BCUT2D eigenvalue weighted by molar-refractivity contribution is -0.134. The minimum absolute atomic E-state index is 0.0772. The van der Waals surface area contributed by atoms with Gasteiger partial charge in [-0.25, -0.2) is 8.78 Å². The third kappa shape index (κ3) is 7.53. The van der Waals surface area contributed by atoms with Gasteiger partial charge in [-0.05, 0) is 18.2 Å². The van der Waals surface area contributed by atoms with Crippen molar-refractivity contribution in [3.8, 4) is 0 Å². The first-order chi connectivity index (χ1) is 11.5. The number of hydrogen-bond donors (Lipinski definition) is 5. The van der Waals surface area contributed by atoms with E-state index in [2.05, 4.69) is 10.6 Å². The Hall–Kier alpha value is -2.13. The predicted molar refractivity (Wildman–Crippen MR) is 93.1 cm³/mol. The number of carboxylic acid groups (broad SMARTS) is 1. The molecular weight excluding hydrogens is 379 g/mol. The van der Waals surface area contributed by atoms with E-state index >= 15 is 0 Å². The van der Waals surface area contributed by atoms with Crippen molar-refractivity contribution in [3.05, 3.63) is 28.2 Å². The summed E-state index contributed by atoms with van der Waals surface area (Å²) in [5.74, 6) is -4.11. The van der Waals surface area contributed by atoms with E-state index in [1.807, 2.05) is 0 Å². The van der Waals surface area contributed by atoms with Crippen LogP contribution in [0.5, 0.6) is 0 Å². The smallest absolute Gasteiger partial charge is 0.300 e. The Bertz CT molecular complexity index is 669. The van der Waals surface area contributed by atoms with E-state index in [0.29, 0.717) is 15.7 Å². The van der Waals surface area contributed by atoms with E-state index in [4.69, 9.17) is 43.9 Å². The average molecular weight is 396 g/mol. The second-order valence-electron chi connectivity index (χ2n) is 5.14. The Kier molecular flexibility index (Phi) is 7.38. The number of carboxylic acids is 1. The van der Waals surface area contributed by atoms with Gasteiger partial charge in [-0.3, -0.25) is 20.9 Å². The molecule has 7 nitrogen and oxygen atoms in total. The van der Waals surface area contributed by atoms with Crippen molar-refractivity contribution in [1.82, 2.24) is 10.2 Å². The lowest BCUT2D eigenvalue weighted by atomic mass is 10.3. The summed E-state index contributed by atoms with van der Waals surface area (Å²) < 4.78 is 26.1. The lowest BCUT2D eigenvalue weighted by Crippen LogP contribution is -2.45. The van der Waals surface area contributed by atoms with E-state index in [1.165, 1.54) is 11.0 Å². The molecule has 1 heterocycles. The van der Waals surface area contributed by atoms with Crippen LogP contribution in [0, 0.1) is 10.8 Å². The number of halogens is 4. The lowest BCUT2D eigenvalue weighted by Gasteiger charge is -2.20. The van der Waals surface area contributed by atoms with Gasteiger partial charge in [0.05, 0.1) is 17.3 Å². The number of rotatable bonds is 1. The largest absolute Gasteiger partial charge is 0.481 e. The van der Waals surface area contributed by atoms with Crippen LogP contribution in [-0.4, -0.2) is 46.9 Å². The molecule has 0 atom stereocenters. The molecule has 138 valence electrons. The first-order valence-corrected chi connectivity index (χ1v) is 7.74. The van der Waals surface area contributed by atoms with E-state index in [1.54, 1.807) is 12.1 Å². The van der Waals surface area contributed by atoms with Crippen molar-refractivity contribution in [2.75, 3.05) is 18.4 Å². The van der Waals surface area contributed by atoms with Gasteiger partial charge in [-0.15, -0.1) is 0 Å². The van der Waals surface area contributed by atoms with Gasteiger partial charge in [0.2, 0.25) is 0 Å². The van der Waals surface area contributed by atoms with Crippen LogP contribution in [0.3, 0.4) is 0 Å². The first kappa shape index (κ1) is 20.9. The Labute approximate surface area is 152 Å².